The van der Waals surface area contributed by atoms with Crippen LogP contribution in [-0.2, 0) is 12.1 Å². The number of hydrogen-bond donors (Lipinski definition) is 0. The second kappa shape index (κ2) is 5.77. The van der Waals surface area contributed by atoms with Gasteiger partial charge in [-0.2, -0.15) is 10.2 Å². The van der Waals surface area contributed by atoms with Crippen molar-refractivity contribution in [1.29, 1.82) is 0 Å². The molecule has 0 amide bonds. The monoisotopic (exact) mass is 330 g/mol. The summed E-state index contributed by atoms with van der Waals surface area (Å²) in [5.74, 6) is 0. The van der Waals surface area contributed by atoms with E-state index >= 15 is 0 Å². The van der Waals surface area contributed by atoms with Crippen LogP contribution in [0.3, 0.4) is 0 Å². The number of nitrogens with zero attached hydrogens (tertiary/aromatic N) is 4. The van der Waals surface area contributed by atoms with E-state index in [1.165, 1.54) is 4.68 Å². The van der Waals surface area contributed by atoms with Crippen molar-refractivity contribution in [1.82, 2.24) is 9.78 Å². The smallest absolute Gasteiger partial charge is 0.265 e. The van der Waals surface area contributed by atoms with Gasteiger partial charge in [-0.25, -0.2) is 4.68 Å². The van der Waals surface area contributed by atoms with Crippen molar-refractivity contribution in [3.8, 4) is 11.3 Å². The van der Waals surface area contributed by atoms with Gasteiger partial charge in [0.2, 0.25) is 0 Å². The molecule has 25 heavy (non-hydrogen) atoms. The molecule has 2 heterocycles. The Morgan fingerprint density at radius 3 is 2.28 bits per heavy atom. The van der Waals surface area contributed by atoms with Crippen molar-refractivity contribution in [2.24, 2.45) is 10.2 Å². The van der Waals surface area contributed by atoms with Crippen LogP contribution >= 0.6 is 0 Å². The summed E-state index contributed by atoms with van der Waals surface area (Å²) in [6, 6.07) is 19.7. The number of azo groups is 1. The van der Waals surface area contributed by atoms with Crippen molar-refractivity contribution in [3.05, 3.63) is 82.1 Å². The molecule has 4 rings (SSSR count). The van der Waals surface area contributed by atoms with E-state index in [1.807, 2.05) is 74.5 Å². The van der Waals surface area contributed by atoms with Crippen LogP contribution < -0.4 is 5.56 Å². The zero-order valence-electron chi connectivity index (χ0n) is 14.2. The highest BCUT2D eigenvalue weighted by Gasteiger charge is 2.35. The molecule has 0 spiro atoms. The van der Waals surface area contributed by atoms with Crippen molar-refractivity contribution in [3.63, 3.8) is 0 Å². The second-order valence-corrected chi connectivity index (χ2v) is 6.65. The minimum absolute atomic E-state index is 0.201. The van der Waals surface area contributed by atoms with Crippen LogP contribution in [0.25, 0.3) is 11.3 Å². The summed E-state index contributed by atoms with van der Waals surface area (Å²) < 4.78 is 1.48. The summed E-state index contributed by atoms with van der Waals surface area (Å²) in [6.07, 6.45) is 0. The highest BCUT2D eigenvalue weighted by atomic mass is 16.1. The van der Waals surface area contributed by atoms with Gasteiger partial charge in [-0.3, -0.25) is 4.79 Å². The first-order valence-electron chi connectivity index (χ1n) is 8.24. The Labute approximate surface area is 145 Å². The Balaban J connectivity index is 1.94. The summed E-state index contributed by atoms with van der Waals surface area (Å²) in [4.78, 5) is 12.9. The third-order valence-electron chi connectivity index (χ3n) is 4.37. The molecule has 5 heteroatoms. The van der Waals surface area contributed by atoms with Crippen LogP contribution in [-0.4, -0.2) is 9.78 Å². The topological polar surface area (TPSA) is 59.6 Å². The molecule has 0 fully saturated rings. The van der Waals surface area contributed by atoms with Gasteiger partial charge >= 0.3 is 0 Å². The standard InChI is InChI=1S/C20H18N4O/c1-20(2)16-17(15-11-7-4-8-12-15)22-24(19(25)18(16)21-23-20)13-14-9-5-3-6-10-14/h3-12H,13H2,1-2H3. The largest absolute Gasteiger partial charge is 0.295 e. The van der Waals surface area contributed by atoms with E-state index in [0.717, 1.165) is 22.4 Å². The fraction of sp³-hybridized carbons (Fsp3) is 0.200. The van der Waals surface area contributed by atoms with Gasteiger partial charge in [0, 0.05) is 11.1 Å². The highest BCUT2D eigenvalue weighted by molar-refractivity contribution is 5.71. The second-order valence-electron chi connectivity index (χ2n) is 6.65. The molecule has 3 aromatic rings. The van der Waals surface area contributed by atoms with E-state index < -0.39 is 5.54 Å². The lowest BCUT2D eigenvalue weighted by molar-refractivity contribution is 0.549. The Morgan fingerprint density at radius 2 is 1.60 bits per heavy atom. The molecule has 0 aliphatic carbocycles. The lowest BCUT2D eigenvalue weighted by Crippen LogP contribution is -2.27. The lowest BCUT2D eigenvalue weighted by Gasteiger charge is -2.19. The van der Waals surface area contributed by atoms with Gasteiger partial charge in [0.25, 0.3) is 5.56 Å². The number of rotatable bonds is 3. The Kier molecular flexibility index (Phi) is 3.57. The zero-order chi connectivity index (χ0) is 17.4. The summed E-state index contributed by atoms with van der Waals surface area (Å²) >= 11 is 0. The third-order valence-corrected chi connectivity index (χ3v) is 4.37. The van der Waals surface area contributed by atoms with E-state index in [2.05, 4.69) is 15.3 Å². The Morgan fingerprint density at radius 1 is 0.960 bits per heavy atom. The Hall–Kier alpha value is -3.08. The minimum atomic E-state index is -0.557. The van der Waals surface area contributed by atoms with Crippen LogP contribution in [0.5, 0.6) is 0 Å². The third kappa shape index (κ3) is 2.67. The lowest BCUT2D eigenvalue weighted by atomic mass is 9.91. The van der Waals surface area contributed by atoms with Crippen LogP contribution in [0.15, 0.2) is 75.7 Å². The van der Waals surface area contributed by atoms with E-state index in [4.69, 9.17) is 0 Å². The highest BCUT2D eigenvalue weighted by Crippen LogP contribution is 2.42. The molecule has 1 aliphatic heterocycles. The maximum atomic E-state index is 12.9. The maximum absolute atomic E-state index is 12.9. The molecular formula is C20H18N4O. The van der Waals surface area contributed by atoms with Crippen LogP contribution in [0.2, 0.25) is 0 Å². The van der Waals surface area contributed by atoms with E-state index in [-0.39, 0.29) is 5.56 Å². The first-order chi connectivity index (χ1) is 12.1. The van der Waals surface area contributed by atoms with Crippen LogP contribution in [0.4, 0.5) is 5.69 Å². The number of hydrogen-bond acceptors (Lipinski definition) is 4. The molecule has 0 saturated carbocycles. The van der Waals surface area contributed by atoms with Gasteiger partial charge in [0.05, 0.1) is 12.2 Å². The quantitative estimate of drug-likeness (QED) is 0.719. The van der Waals surface area contributed by atoms with Crippen molar-refractivity contribution >= 4 is 5.69 Å². The van der Waals surface area contributed by atoms with E-state index in [0.29, 0.717) is 12.2 Å². The summed E-state index contributed by atoms with van der Waals surface area (Å²) in [5.41, 5.74) is 3.18. The first kappa shape index (κ1) is 15.4. The number of fused-ring (bicyclic) bond motifs is 1. The Bertz CT molecular complexity index is 1010. The predicted octanol–water partition coefficient (Wildman–Crippen LogP) is 4.29. The normalized spacial score (nSPS) is 14.5. The molecule has 0 atom stereocenters. The fourth-order valence-corrected chi connectivity index (χ4v) is 3.12. The predicted molar refractivity (Wildman–Crippen MR) is 97.0 cm³/mol. The SMILES string of the molecule is CC1(C)N=Nc2c1c(-c1ccccc1)nn(Cc1ccccc1)c2=O. The summed E-state index contributed by atoms with van der Waals surface area (Å²) in [6.45, 7) is 4.32. The van der Waals surface area contributed by atoms with Crippen molar-refractivity contribution in [2.75, 3.05) is 0 Å². The molecule has 0 radical (unpaired) electrons. The molecule has 0 saturated heterocycles. The summed E-state index contributed by atoms with van der Waals surface area (Å²) in [7, 11) is 0. The zero-order valence-corrected chi connectivity index (χ0v) is 14.2. The average molecular weight is 330 g/mol. The van der Waals surface area contributed by atoms with Gasteiger partial charge in [0.1, 0.15) is 5.54 Å². The van der Waals surface area contributed by atoms with Crippen LogP contribution in [0, 0.1) is 0 Å². The van der Waals surface area contributed by atoms with Crippen molar-refractivity contribution < 1.29 is 0 Å². The van der Waals surface area contributed by atoms with Gasteiger partial charge in [-0.15, -0.1) is 5.11 Å². The van der Waals surface area contributed by atoms with Gasteiger partial charge in [-0.05, 0) is 19.4 Å². The molecule has 5 nitrogen and oxygen atoms in total. The molecule has 1 aliphatic rings. The van der Waals surface area contributed by atoms with E-state index in [9.17, 15) is 4.79 Å². The fourth-order valence-electron chi connectivity index (χ4n) is 3.12. The molecule has 0 N–H and O–H groups in total. The summed E-state index contributed by atoms with van der Waals surface area (Å²) in [5, 5.41) is 13.2. The van der Waals surface area contributed by atoms with Crippen molar-refractivity contribution in [2.45, 2.75) is 25.9 Å². The number of aromatic nitrogens is 2. The number of benzene rings is 2. The average Bonchev–Trinajstić information content (AvgIpc) is 2.95. The van der Waals surface area contributed by atoms with Crippen LogP contribution in [0.1, 0.15) is 25.0 Å². The maximum Gasteiger partial charge on any atom is 0.295 e. The molecular weight excluding hydrogens is 312 g/mol. The van der Waals surface area contributed by atoms with Gasteiger partial charge in [-0.1, -0.05) is 60.7 Å². The molecule has 0 unspecified atom stereocenters. The first-order valence-corrected chi connectivity index (χ1v) is 8.24. The minimum Gasteiger partial charge on any atom is -0.265 e. The van der Waals surface area contributed by atoms with Gasteiger partial charge in [0.15, 0.2) is 5.69 Å². The molecule has 124 valence electrons. The molecule has 0 bridgehead atoms. The van der Waals surface area contributed by atoms with Gasteiger partial charge < -0.3 is 0 Å². The van der Waals surface area contributed by atoms with E-state index in [1.54, 1.807) is 0 Å². The molecule has 1 aromatic heterocycles. The molecule has 2 aromatic carbocycles.